The van der Waals surface area contributed by atoms with Crippen LogP contribution in [0.25, 0.3) is 0 Å². The number of sulfonamides is 1. The molecule has 2 aromatic carbocycles. The number of hydrogen-bond donors (Lipinski definition) is 2. The lowest BCUT2D eigenvalue weighted by atomic mass is 10.2. The number of rotatable bonds is 7. The van der Waals surface area contributed by atoms with E-state index in [1.807, 2.05) is 0 Å². The van der Waals surface area contributed by atoms with E-state index in [4.69, 9.17) is 4.74 Å². The van der Waals surface area contributed by atoms with Crippen molar-refractivity contribution in [3.8, 4) is 0 Å². The Hall–Kier alpha value is -2.45. The molecule has 0 atom stereocenters. The van der Waals surface area contributed by atoms with Crippen LogP contribution in [0, 0.1) is 5.82 Å². The van der Waals surface area contributed by atoms with Crippen LogP contribution < -0.4 is 10.0 Å². The van der Waals surface area contributed by atoms with Gasteiger partial charge in [0.15, 0.2) is 0 Å². The number of ether oxygens (including phenoxy) is 1. The first-order valence-corrected chi connectivity index (χ1v) is 8.56. The van der Waals surface area contributed by atoms with Crippen molar-refractivity contribution in [1.82, 2.24) is 5.32 Å². The summed E-state index contributed by atoms with van der Waals surface area (Å²) in [4.78, 5) is 11.9. The molecule has 0 unspecified atom stereocenters. The van der Waals surface area contributed by atoms with E-state index in [1.54, 1.807) is 0 Å². The average molecular weight is 352 g/mol. The first kappa shape index (κ1) is 17.9. The smallest absolute Gasteiger partial charge is 0.261 e. The summed E-state index contributed by atoms with van der Waals surface area (Å²) in [6.07, 6.45) is 0. The Kier molecular flexibility index (Phi) is 5.88. The van der Waals surface area contributed by atoms with Crippen molar-refractivity contribution in [2.45, 2.75) is 4.90 Å². The van der Waals surface area contributed by atoms with Crippen LogP contribution in [0.2, 0.25) is 0 Å². The number of carbonyl (C=O) groups is 1. The van der Waals surface area contributed by atoms with Gasteiger partial charge in [0.2, 0.25) is 0 Å². The Balaban J connectivity index is 2.18. The summed E-state index contributed by atoms with van der Waals surface area (Å²) in [6.45, 7) is 0.665. The van der Waals surface area contributed by atoms with Crippen LogP contribution in [0.5, 0.6) is 0 Å². The van der Waals surface area contributed by atoms with E-state index in [-0.39, 0.29) is 16.1 Å². The van der Waals surface area contributed by atoms with Gasteiger partial charge in [0.25, 0.3) is 15.9 Å². The molecule has 0 heterocycles. The zero-order chi connectivity index (χ0) is 17.6. The largest absolute Gasteiger partial charge is 0.383 e. The summed E-state index contributed by atoms with van der Waals surface area (Å²) in [5.74, 6) is -0.962. The van der Waals surface area contributed by atoms with E-state index in [9.17, 15) is 17.6 Å². The van der Waals surface area contributed by atoms with Gasteiger partial charge in [-0.25, -0.2) is 12.8 Å². The minimum atomic E-state index is -3.93. The highest BCUT2D eigenvalue weighted by Crippen LogP contribution is 2.18. The number of nitrogens with one attached hydrogen (secondary N) is 2. The predicted octanol–water partition coefficient (Wildman–Crippen LogP) is 2.00. The fraction of sp³-hybridized carbons (Fsp3) is 0.188. The third-order valence-electron chi connectivity index (χ3n) is 3.08. The molecule has 0 radical (unpaired) electrons. The molecular weight excluding hydrogens is 335 g/mol. The fourth-order valence-electron chi connectivity index (χ4n) is 1.94. The molecular formula is C16H17FN2O4S. The van der Waals surface area contributed by atoms with E-state index >= 15 is 0 Å². The summed E-state index contributed by atoms with van der Waals surface area (Å²) < 4.78 is 45.0. The van der Waals surface area contributed by atoms with Crippen molar-refractivity contribution in [1.29, 1.82) is 0 Å². The first-order valence-electron chi connectivity index (χ1n) is 7.08. The third-order valence-corrected chi connectivity index (χ3v) is 4.45. The molecule has 24 heavy (non-hydrogen) atoms. The molecule has 8 heteroatoms. The predicted molar refractivity (Wildman–Crippen MR) is 87.9 cm³/mol. The van der Waals surface area contributed by atoms with Gasteiger partial charge < -0.3 is 10.1 Å². The standard InChI is InChI=1S/C16H17FN2O4S/c1-23-9-8-18-16(20)12-4-2-7-15(10-12)24(21,22)19-14-6-3-5-13(17)11-14/h2-7,10-11,19H,8-9H2,1H3,(H,18,20). The molecule has 0 saturated carbocycles. The quantitative estimate of drug-likeness (QED) is 0.747. The zero-order valence-electron chi connectivity index (χ0n) is 13.0. The molecule has 0 aliphatic rings. The average Bonchev–Trinajstić information content (AvgIpc) is 2.55. The number of amides is 1. The lowest BCUT2D eigenvalue weighted by molar-refractivity contribution is 0.0937. The number of anilines is 1. The van der Waals surface area contributed by atoms with Crippen LogP contribution in [0.1, 0.15) is 10.4 Å². The minimum absolute atomic E-state index is 0.0915. The lowest BCUT2D eigenvalue weighted by Crippen LogP contribution is -2.27. The van der Waals surface area contributed by atoms with E-state index < -0.39 is 21.7 Å². The SMILES string of the molecule is COCCNC(=O)c1cccc(S(=O)(=O)Nc2cccc(F)c2)c1. The minimum Gasteiger partial charge on any atom is -0.383 e. The van der Waals surface area contributed by atoms with Gasteiger partial charge in [-0.3, -0.25) is 9.52 Å². The second kappa shape index (κ2) is 7.89. The van der Waals surface area contributed by atoms with Crippen LogP contribution >= 0.6 is 0 Å². The van der Waals surface area contributed by atoms with Gasteiger partial charge in [0, 0.05) is 19.2 Å². The monoisotopic (exact) mass is 352 g/mol. The molecule has 6 nitrogen and oxygen atoms in total. The van der Waals surface area contributed by atoms with E-state index in [0.29, 0.717) is 13.2 Å². The topological polar surface area (TPSA) is 84.5 Å². The van der Waals surface area contributed by atoms with Crippen molar-refractivity contribution in [2.75, 3.05) is 25.0 Å². The van der Waals surface area contributed by atoms with Gasteiger partial charge in [-0.2, -0.15) is 0 Å². The maximum atomic E-state index is 13.2. The van der Waals surface area contributed by atoms with Crippen LogP contribution in [-0.4, -0.2) is 34.6 Å². The summed E-state index contributed by atoms with van der Waals surface area (Å²) in [6, 6.07) is 10.7. The molecule has 0 aliphatic heterocycles. The van der Waals surface area contributed by atoms with Crippen LogP contribution in [0.3, 0.4) is 0 Å². The Bertz CT molecular complexity index is 824. The summed E-state index contributed by atoms with van der Waals surface area (Å²) >= 11 is 0. The molecule has 0 fully saturated rings. The molecule has 2 rings (SSSR count). The molecule has 0 saturated heterocycles. The number of benzene rings is 2. The number of hydrogen-bond acceptors (Lipinski definition) is 4. The van der Waals surface area contributed by atoms with E-state index in [1.165, 1.54) is 49.6 Å². The van der Waals surface area contributed by atoms with Gasteiger partial charge in [0.1, 0.15) is 5.82 Å². The lowest BCUT2D eigenvalue weighted by Gasteiger charge is -2.10. The molecule has 0 aromatic heterocycles. The maximum Gasteiger partial charge on any atom is 0.261 e. The van der Waals surface area contributed by atoms with Crippen molar-refractivity contribution < 1.29 is 22.3 Å². The van der Waals surface area contributed by atoms with Crippen molar-refractivity contribution in [3.05, 3.63) is 59.9 Å². The number of halogens is 1. The Morgan fingerprint density at radius 3 is 2.62 bits per heavy atom. The van der Waals surface area contributed by atoms with Gasteiger partial charge in [-0.05, 0) is 36.4 Å². The molecule has 2 aromatic rings. The highest BCUT2D eigenvalue weighted by Gasteiger charge is 2.16. The highest BCUT2D eigenvalue weighted by molar-refractivity contribution is 7.92. The van der Waals surface area contributed by atoms with Gasteiger partial charge in [-0.15, -0.1) is 0 Å². The first-order chi connectivity index (χ1) is 11.4. The van der Waals surface area contributed by atoms with Crippen LogP contribution in [0.4, 0.5) is 10.1 Å². The van der Waals surface area contributed by atoms with Gasteiger partial charge in [0.05, 0.1) is 17.2 Å². The number of methoxy groups -OCH3 is 1. The molecule has 128 valence electrons. The van der Waals surface area contributed by atoms with Crippen molar-refractivity contribution >= 4 is 21.6 Å². The molecule has 0 spiro atoms. The Morgan fingerprint density at radius 1 is 1.17 bits per heavy atom. The zero-order valence-corrected chi connectivity index (χ0v) is 13.8. The number of carbonyl (C=O) groups excluding carboxylic acids is 1. The van der Waals surface area contributed by atoms with Gasteiger partial charge >= 0.3 is 0 Å². The fourth-order valence-corrected chi connectivity index (χ4v) is 3.03. The second-order valence-corrected chi connectivity index (χ2v) is 6.57. The molecule has 0 bridgehead atoms. The summed E-state index contributed by atoms with van der Waals surface area (Å²) in [7, 11) is -2.42. The highest BCUT2D eigenvalue weighted by atomic mass is 32.2. The maximum absolute atomic E-state index is 13.2. The normalized spacial score (nSPS) is 11.1. The third kappa shape index (κ3) is 4.77. The van der Waals surface area contributed by atoms with Crippen molar-refractivity contribution in [3.63, 3.8) is 0 Å². The molecule has 1 amide bonds. The summed E-state index contributed by atoms with van der Waals surface area (Å²) in [5, 5.41) is 2.61. The van der Waals surface area contributed by atoms with E-state index in [2.05, 4.69) is 10.0 Å². The second-order valence-electron chi connectivity index (χ2n) is 4.89. The van der Waals surface area contributed by atoms with Gasteiger partial charge in [-0.1, -0.05) is 12.1 Å². The molecule has 0 aliphatic carbocycles. The molecule has 2 N–H and O–H groups in total. The van der Waals surface area contributed by atoms with Crippen molar-refractivity contribution in [2.24, 2.45) is 0 Å². The van der Waals surface area contributed by atoms with Crippen LogP contribution in [0.15, 0.2) is 53.4 Å². The summed E-state index contributed by atoms with van der Waals surface area (Å²) in [5.41, 5.74) is 0.304. The van der Waals surface area contributed by atoms with E-state index in [0.717, 1.165) is 6.07 Å². The van der Waals surface area contributed by atoms with Crippen LogP contribution in [-0.2, 0) is 14.8 Å². The Morgan fingerprint density at radius 2 is 1.92 bits per heavy atom. The Labute approximate surface area is 139 Å².